The average molecular weight is 451 g/mol. The minimum absolute atomic E-state index is 0.00288. The molecule has 0 radical (unpaired) electrons. The van der Waals surface area contributed by atoms with Gasteiger partial charge in [-0.15, -0.1) is 0 Å². The molecular weight excluding hydrogens is 416 g/mol. The van der Waals surface area contributed by atoms with Crippen LogP contribution in [-0.2, 0) is 42.8 Å². The number of carbonyl (C=O) groups is 3. The molecular formula is C20H34O9S. The molecule has 0 aliphatic carbocycles. The molecule has 0 spiro atoms. The van der Waals surface area contributed by atoms with Crippen molar-refractivity contribution < 1.29 is 42.8 Å². The van der Waals surface area contributed by atoms with Crippen LogP contribution >= 0.6 is 11.8 Å². The van der Waals surface area contributed by atoms with Gasteiger partial charge in [-0.2, -0.15) is 0 Å². The van der Waals surface area contributed by atoms with Crippen molar-refractivity contribution in [1.82, 2.24) is 0 Å². The SMILES string of the molecule is CC(=O)OCC1OC(OCCOCCOCCSC(C)=O)C(OC(C)=O)C(C)C1C. The van der Waals surface area contributed by atoms with Crippen LogP contribution in [0.2, 0.25) is 0 Å². The van der Waals surface area contributed by atoms with Gasteiger partial charge in [0, 0.05) is 32.4 Å². The Balaban J connectivity index is 2.38. The summed E-state index contributed by atoms with van der Waals surface area (Å²) in [6.45, 7) is 10.1. The molecule has 1 aliphatic heterocycles. The van der Waals surface area contributed by atoms with E-state index in [1.165, 1.54) is 32.5 Å². The quantitative estimate of drug-likeness (QED) is 0.304. The van der Waals surface area contributed by atoms with Gasteiger partial charge in [0.15, 0.2) is 17.5 Å². The number of ether oxygens (including phenoxy) is 6. The highest BCUT2D eigenvalue weighted by Gasteiger charge is 2.44. The maximum absolute atomic E-state index is 11.5. The second-order valence-electron chi connectivity index (χ2n) is 7.07. The second kappa shape index (κ2) is 14.7. The van der Waals surface area contributed by atoms with Gasteiger partial charge < -0.3 is 28.4 Å². The van der Waals surface area contributed by atoms with Crippen molar-refractivity contribution in [2.45, 2.75) is 53.1 Å². The van der Waals surface area contributed by atoms with Crippen molar-refractivity contribution >= 4 is 28.8 Å². The Bertz CT molecular complexity index is 540. The van der Waals surface area contributed by atoms with E-state index in [2.05, 4.69) is 0 Å². The van der Waals surface area contributed by atoms with Crippen LogP contribution in [0, 0.1) is 11.8 Å². The molecule has 10 heteroatoms. The van der Waals surface area contributed by atoms with Crippen LogP contribution in [0.3, 0.4) is 0 Å². The highest BCUT2D eigenvalue weighted by atomic mass is 32.2. The molecule has 5 atom stereocenters. The van der Waals surface area contributed by atoms with Crippen molar-refractivity contribution in [3.8, 4) is 0 Å². The van der Waals surface area contributed by atoms with Crippen LogP contribution in [0.25, 0.3) is 0 Å². The maximum atomic E-state index is 11.5. The van der Waals surface area contributed by atoms with E-state index in [9.17, 15) is 14.4 Å². The molecule has 5 unspecified atom stereocenters. The molecule has 174 valence electrons. The van der Waals surface area contributed by atoms with Crippen molar-refractivity contribution in [1.29, 1.82) is 0 Å². The number of hydrogen-bond acceptors (Lipinski definition) is 10. The monoisotopic (exact) mass is 450 g/mol. The molecule has 0 aromatic heterocycles. The Morgan fingerprint density at radius 3 is 2.10 bits per heavy atom. The molecule has 1 saturated heterocycles. The maximum Gasteiger partial charge on any atom is 0.303 e. The number of hydrogen-bond donors (Lipinski definition) is 0. The van der Waals surface area contributed by atoms with E-state index < -0.39 is 18.4 Å². The minimum Gasteiger partial charge on any atom is -0.463 e. The third-order valence-electron chi connectivity index (χ3n) is 4.68. The number of esters is 2. The number of thioether (sulfide) groups is 1. The fourth-order valence-electron chi connectivity index (χ4n) is 2.93. The summed E-state index contributed by atoms with van der Waals surface area (Å²) in [7, 11) is 0. The first-order valence-corrected chi connectivity index (χ1v) is 11.1. The third kappa shape index (κ3) is 10.7. The highest BCUT2D eigenvalue weighted by molar-refractivity contribution is 8.13. The van der Waals surface area contributed by atoms with Crippen LogP contribution in [0.1, 0.15) is 34.6 Å². The van der Waals surface area contributed by atoms with Gasteiger partial charge >= 0.3 is 11.9 Å². The van der Waals surface area contributed by atoms with Crippen molar-refractivity contribution in [3.63, 3.8) is 0 Å². The number of rotatable bonds is 13. The Hall–Kier alpha value is -1.20. The lowest BCUT2D eigenvalue weighted by molar-refractivity contribution is -0.282. The molecule has 30 heavy (non-hydrogen) atoms. The lowest BCUT2D eigenvalue weighted by Gasteiger charge is -2.43. The van der Waals surface area contributed by atoms with E-state index in [0.29, 0.717) is 32.2 Å². The molecule has 1 rings (SSSR count). The second-order valence-corrected chi connectivity index (χ2v) is 8.35. The lowest BCUT2D eigenvalue weighted by atomic mass is 9.83. The summed E-state index contributed by atoms with van der Waals surface area (Å²) in [4.78, 5) is 33.4. The van der Waals surface area contributed by atoms with E-state index >= 15 is 0 Å². The molecule has 1 aliphatic rings. The summed E-state index contributed by atoms with van der Waals surface area (Å²) in [6, 6.07) is 0. The topological polar surface area (TPSA) is 107 Å². The van der Waals surface area contributed by atoms with Gasteiger partial charge in [0.2, 0.25) is 0 Å². The fourth-order valence-corrected chi connectivity index (χ4v) is 3.42. The van der Waals surface area contributed by atoms with E-state index in [4.69, 9.17) is 28.4 Å². The normalized spacial score (nSPS) is 26.2. The summed E-state index contributed by atoms with van der Waals surface area (Å²) in [5, 5.41) is 0.0720. The molecule has 1 fully saturated rings. The molecule has 0 saturated carbocycles. The van der Waals surface area contributed by atoms with Crippen molar-refractivity contribution in [3.05, 3.63) is 0 Å². The van der Waals surface area contributed by atoms with Gasteiger partial charge in [0.05, 0.1) is 39.1 Å². The lowest BCUT2D eigenvalue weighted by Crippen LogP contribution is -2.53. The molecule has 0 N–H and O–H groups in total. The van der Waals surface area contributed by atoms with E-state index in [-0.39, 0.29) is 42.2 Å². The van der Waals surface area contributed by atoms with Crippen LogP contribution in [-0.4, -0.2) is 80.9 Å². The first kappa shape index (κ1) is 26.8. The van der Waals surface area contributed by atoms with E-state index in [0.717, 1.165) is 0 Å². The largest absolute Gasteiger partial charge is 0.463 e. The zero-order chi connectivity index (χ0) is 22.5. The van der Waals surface area contributed by atoms with Crippen LogP contribution < -0.4 is 0 Å². The van der Waals surface area contributed by atoms with Crippen LogP contribution in [0.4, 0.5) is 0 Å². The summed E-state index contributed by atoms with van der Waals surface area (Å²) in [5.41, 5.74) is 0. The summed E-state index contributed by atoms with van der Waals surface area (Å²) < 4.78 is 33.1. The van der Waals surface area contributed by atoms with Gasteiger partial charge in [0.25, 0.3) is 0 Å². The molecule has 0 aromatic carbocycles. The summed E-state index contributed by atoms with van der Waals surface area (Å²) in [6.07, 6.45) is -1.69. The predicted octanol–water partition coefficient (Wildman–Crippen LogP) is 1.81. The standard InChI is InChI=1S/C20H34O9S/c1-13-14(2)19(28-16(4)22)20(29-18(13)12-27-15(3)21)26-9-8-24-6-7-25-10-11-30-17(5)23/h13-14,18-20H,6-12H2,1-5H3. The number of carbonyl (C=O) groups excluding carboxylic acids is 3. The van der Waals surface area contributed by atoms with Crippen molar-refractivity contribution in [2.75, 3.05) is 45.4 Å². The van der Waals surface area contributed by atoms with Crippen LogP contribution in [0.15, 0.2) is 0 Å². The molecule has 0 amide bonds. The Morgan fingerprint density at radius 1 is 0.867 bits per heavy atom. The first-order chi connectivity index (χ1) is 14.2. The molecule has 0 aromatic rings. The van der Waals surface area contributed by atoms with E-state index in [1.807, 2.05) is 13.8 Å². The van der Waals surface area contributed by atoms with Gasteiger partial charge in [-0.25, -0.2) is 0 Å². The predicted molar refractivity (Wildman–Crippen MR) is 110 cm³/mol. The zero-order valence-corrected chi connectivity index (χ0v) is 19.2. The van der Waals surface area contributed by atoms with Crippen molar-refractivity contribution in [2.24, 2.45) is 11.8 Å². The van der Waals surface area contributed by atoms with Gasteiger partial charge in [-0.05, 0) is 5.92 Å². The average Bonchev–Trinajstić information content (AvgIpc) is 2.66. The first-order valence-electron chi connectivity index (χ1n) is 10.1. The van der Waals surface area contributed by atoms with E-state index in [1.54, 1.807) is 0 Å². The summed E-state index contributed by atoms with van der Waals surface area (Å²) >= 11 is 1.23. The third-order valence-corrected chi connectivity index (χ3v) is 5.46. The smallest absolute Gasteiger partial charge is 0.303 e. The fraction of sp³-hybridized carbons (Fsp3) is 0.850. The highest BCUT2D eigenvalue weighted by Crippen LogP contribution is 2.33. The van der Waals surface area contributed by atoms with Gasteiger partial charge in [0.1, 0.15) is 6.61 Å². The molecule has 9 nitrogen and oxygen atoms in total. The Labute approximate surface area is 182 Å². The van der Waals surface area contributed by atoms with Gasteiger partial charge in [-0.3, -0.25) is 14.4 Å². The van der Waals surface area contributed by atoms with Crippen LogP contribution in [0.5, 0.6) is 0 Å². The molecule has 0 bridgehead atoms. The summed E-state index contributed by atoms with van der Waals surface area (Å²) in [5.74, 6) is -0.210. The zero-order valence-electron chi connectivity index (χ0n) is 18.4. The minimum atomic E-state index is -0.774. The van der Waals surface area contributed by atoms with Gasteiger partial charge in [-0.1, -0.05) is 25.6 Å². The molecule has 1 heterocycles. The Kier molecular flexibility index (Phi) is 13.2. The Morgan fingerprint density at radius 2 is 1.50 bits per heavy atom.